The van der Waals surface area contributed by atoms with Crippen LogP contribution < -0.4 is 10.6 Å². The van der Waals surface area contributed by atoms with Crippen LogP contribution in [0.4, 0.5) is 0 Å². The summed E-state index contributed by atoms with van der Waals surface area (Å²) in [6, 6.07) is 0. The number of carbonyl (C=O) groups excluding carboxylic acids is 1. The molecule has 1 unspecified atom stereocenters. The number of hydrogen-bond donors (Lipinski definition) is 3. The zero-order chi connectivity index (χ0) is 11.3. The topological polar surface area (TPSA) is 70.6 Å². The fourth-order valence-corrected chi connectivity index (χ4v) is 1.34. The zero-order valence-corrected chi connectivity index (χ0v) is 9.38. The highest BCUT2D eigenvalue weighted by Crippen LogP contribution is 2.02. The Hall–Kier alpha value is -0.650. The SMILES string of the molecule is CC(C)(O)CNC(=O)CC1CNCCO1. The lowest BCUT2D eigenvalue weighted by atomic mass is 10.1. The van der Waals surface area contributed by atoms with Crippen molar-refractivity contribution in [2.45, 2.75) is 32.0 Å². The van der Waals surface area contributed by atoms with Crippen molar-refractivity contribution in [1.29, 1.82) is 0 Å². The predicted octanol–water partition coefficient (Wildman–Crippen LogP) is -0.748. The number of rotatable bonds is 4. The van der Waals surface area contributed by atoms with Gasteiger partial charge in [0, 0.05) is 19.6 Å². The number of amides is 1. The minimum absolute atomic E-state index is 0.0412. The Bertz CT molecular complexity index is 207. The first-order valence-electron chi connectivity index (χ1n) is 5.29. The summed E-state index contributed by atoms with van der Waals surface area (Å²) >= 11 is 0. The molecule has 1 fully saturated rings. The second-order valence-corrected chi connectivity index (χ2v) is 4.49. The minimum Gasteiger partial charge on any atom is -0.389 e. The predicted molar refractivity (Wildman–Crippen MR) is 56.5 cm³/mol. The average molecular weight is 216 g/mol. The summed E-state index contributed by atoms with van der Waals surface area (Å²) in [5, 5.41) is 15.2. The van der Waals surface area contributed by atoms with Crippen LogP contribution >= 0.6 is 0 Å². The van der Waals surface area contributed by atoms with Gasteiger partial charge in [-0.15, -0.1) is 0 Å². The molecule has 0 spiro atoms. The van der Waals surface area contributed by atoms with E-state index in [1.165, 1.54) is 0 Å². The first-order chi connectivity index (χ1) is 6.97. The van der Waals surface area contributed by atoms with Crippen molar-refractivity contribution >= 4 is 5.91 Å². The highest BCUT2D eigenvalue weighted by atomic mass is 16.5. The molecule has 1 amide bonds. The van der Waals surface area contributed by atoms with Gasteiger partial charge in [0.25, 0.3) is 0 Å². The van der Waals surface area contributed by atoms with Crippen LogP contribution in [0.1, 0.15) is 20.3 Å². The Morgan fingerprint density at radius 1 is 1.67 bits per heavy atom. The van der Waals surface area contributed by atoms with Crippen molar-refractivity contribution in [3.8, 4) is 0 Å². The Balaban J connectivity index is 2.17. The van der Waals surface area contributed by atoms with E-state index in [4.69, 9.17) is 4.74 Å². The molecule has 1 heterocycles. The largest absolute Gasteiger partial charge is 0.389 e. The molecule has 5 nitrogen and oxygen atoms in total. The molecule has 3 N–H and O–H groups in total. The fraction of sp³-hybridized carbons (Fsp3) is 0.900. The standard InChI is InChI=1S/C10H20N2O3/c1-10(2,14)7-12-9(13)5-8-6-11-3-4-15-8/h8,11,14H,3-7H2,1-2H3,(H,12,13). The monoisotopic (exact) mass is 216 g/mol. The van der Waals surface area contributed by atoms with Gasteiger partial charge in [0.2, 0.25) is 5.91 Å². The molecule has 5 heteroatoms. The van der Waals surface area contributed by atoms with E-state index in [-0.39, 0.29) is 18.6 Å². The number of hydrogen-bond acceptors (Lipinski definition) is 4. The van der Waals surface area contributed by atoms with Crippen molar-refractivity contribution in [3.63, 3.8) is 0 Å². The van der Waals surface area contributed by atoms with Crippen molar-refractivity contribution in [2.75, 3.05) is 26.2 Å². The smallest absolute Gasteiger partial charge is 0.222 e. The van der Waals surface area contributed by atoms with Crippen LogP contribution in [0.3, 0.4) is 0 Å². The van der Waals surface area contributed by atoms with Crippen molar-refractivity contribution in [3.05, 3.63) is 0 Å². The van der Waals surface area contributed by atoms with E-state index in [0.29, 0.717) is 13.0 Å². The summed E-state index contributed by atoms with van der Waals surface area (Å²) in [4.78, 5) is 11.4. The third-order valence-corrected chi connectivity index (χ3v) is 2.14. The van der Waals surface area contributed by atoms with Gasteiger partial charge in [-0.05, 0) is 13.8 Å². The molecule has 88 valence electrons. The summed E-state index contributed by atoms with van der Waals surface area (Å²) in [6.07, 6.45) is 0.309. The van der Waals surface area contributed by atoms with Crippen LogP contribution in [0.15, 0.2) is 0 Å². The van der Waals surface area contributed by atoms with Gasteiger partial charge in [-0.3, -0.25) is 4.79 Å². The highest BCUT2D eigenvalue weighted by Gasteiger charge is 2.19. The second-order valence-electron chi connectivity index (χ2n) is 4.49. The molecule has 1 atom stereocenters. The van der Waals surface area contributed by atoms with Crippen LogP contribution in [0.5, 0.6) is 0 Å². The van der Waals surface area contributed by atoms with E-state index >= 15 is 0 Å². The van der Waals surface area contributed by atoms with Crippen LogP contribution in [-0.4, -0.2) is 49.0 Å². The lowest BCUT2D eigenvalue weighted by molar-refractivity contribution is -0.125. The molecule has 0 saturated carbocycles. The Kier molecular flexibility index (Phi) is 4.50. The Morgan fingerprint density at radius 2 is 2.40 bits per heavy atom. The molecule has 1 rings (SSSR count). The summed E-state index contributed by atoms with van der Waals surface area (Å²) < 4.78 is 5.39. The van der Waals surface area contributed by atoms with Gasteiger partial charge in [0.05, 0.1) is 24.7 Å². The zero-order valence-electron chi connectivity index (χ0n) is 9.38. The number of aliphatic hydroxyl groups is 1. The Morgan fingerprint density at radius 3 is 2.93 bits per heavy atom. The van der Waals surface area contributed by atoms with Crippen LogP contribution in [-0.2, 0) is 9.53 Å². The molecular weight excluding hydrogens is 196 g/mol. The fourth-order valence-electron chi connectivity index (χ4n) is 1.34. The van der Waals surface area contributed by atoms with Gasteiger partial charge in [0.1, 0.15) is 0 Å². The van der Waals surface area contributed by atoms with Crippen LogP contribution in [0, 0.1) is 0 Å². The van der Waals surface area contributed by atoms with Gasteiger partial charge in [-0.1, -0.05) is 0 Å². The average Bonchev–Trinajstić information content (AvgIpc) is 2.15. The lowest BCUT2D eigenvalue weighted by Gasteiger charge is -2.24. The third-order valence-electron chi connectivity index (χ3n) is 2.14. The van der Waals surface area contributed by atoms with E-state index in [2.05, 4.69) is 10.6 Å². The Labute approximate surface area is 90.2 Å². The van der Waals surface area contributed by atoms with Crippen molar-refractivity contribution < 1.29 is 14.6 Å². The van der Waals surface area contributed by atoms with Gasteiger partial charge >= 0.3 is 0 Å². The van der Waals surface area contributed by atoms with E-state index < -0.39 is 5.60 Å². The molecule has 0 radical (unpaired) electrons. The van der Waals surface area contributed by atoms with E-state index in [0.717, 1.165) is 13.1 Å². The molecule has 1 aliphatic rings. The normalized spacial score (nSPS) is 22.5. The number of carbonyl (C=O) groups is 1. The quantitative estimate of drug-likeness (QED) is 0.578. The molecule has 0 aliphatic carbocycles. The van der Waals surface area contributed by atoms with Gasteiger partial charge in [-0.2, -0.15) is 0 Å². The number of morpholine rings is 1. The third kappa shape index (κ3) is 5.71. The molecule has 15 heavy (non-hydrogen) atoms. The number of nitrogens with one attached hydrogen (secondary N) is 2. The van der Waals surface area contributed by atoms with E-state index in [1.54, 1.807) is 13.8 Å². The minimum atomic E-state index is -0.860. The number of ether oxygens (including phenoxy) is 1. The molecule has 0 bridgehead atoms. The van der Waals surface area contributed by atoms with Gasteiger partial charge in [0.15, 0.2) is 0 Å². The molecule has 0 aromatic heterocycles. The van der Waals surface area contributed by atoms with Crippen LogP contribution in [0.2, 0.25) is 0 Å². The maximum Gasteiger partial charge on any atom is 0.222 e. The summed E-state index contributed by atoms with van der Waals surface area (Å²) in [6.45, 7) is 5.81. The highest BCUT2D eigenvalue weighted by molar-refractivity contribution is 5.76. The van der Waals surface area contributed by atoms with Gasteiger partial charge < -0.3 is 20.5 Å². The first-order valence-corrected chi connectivity index (χ1v) is 5.29. The van der Waals surface area contributed by atoms with Gasteiger partial charge in [-0.25, -0.2) is 0 Å². The maximum absolute atomic E-state index is 11.4. The summed E-state index contributed by atoms with van der Waals surface area (Å²) in [7, 11) is 0. The maximum atomic E-state index is 11.4. The van der Waals surface area contributed by atoms with E-state index in [1.807, 2.05) is 0 Å². The van der Waals surface area contributed by atoms with Crippen molar-refractivity contribution in [2.24, 2.45) is 0 Å². The molecule has 0 aromatic rings. The van der Waals surface area contributed by atoms with Crippen LogP contribution in [0.25, 0.3) is 0 Å². The molecule has 1 aliphatic heterocycles. The summed E-state index contributed by atoms with van der Waals surface area (Å²) in [5.41, 5.74) is -0.860. The molecular formula is C10H20N2O3. The lowest BCUT2D eigenvalue weighted by Crippen LogP contribution is -2.43. The van der Waals surface area contributed by atoms with E-state index in [9.17, 15) is 9.90 Å². The van der Waals surface area contributed by atoms with Crippen molar-refractivity contribution in [1.82, 2.24) is 10.6 Å². The summed E-state index contributed by atoms with van der Waals surface area (Å²) in [5.74, 6) is -0.0779. The molecule has 1 saturated heterocycles. The molecule has 0 aromatic carbocycles. The second kappa shape index (κ2) is 5.44. The first kappa shape index (κ1) is 12.4.